The molecule has 0 radical (unpaired) electrons. The van der Waals surface area contributed by atoms with Crippen molar-refractivity contribution in [1.29, 1.82) is 4.78 Å². The van der Waals surface area contributed by atoms with Crippen molar-refractivity contribution in [2.75, 3.05) is 31.6 Å². The first-order chi connectivity index (χ1) is 6.51. The number of nitrogens with one attached hydrogen (secondary N) is 1. The molecule has 14 heavy (non-hydrogen) atoms. The number of nitrogens with zero attached hydrogens (tertiary/aromatic N) is 1. The van der Waals surface area contributed by atoms with E-state index in [9.17, 15) is 4.21 Å². The van der Waals surface area contributed by atoms with Crippen LogP contribution in [0.3, 0.4) is 0 Å². The van der Waals surface area contributed by atoms with Crippen molar-refractivity contribution < 1.29 is 4.21 Å². The van der Waals surface area contributed by atoms with Gasteiger partial charge in [0.15, 0.2) is 0 Å². The molecule has 1 N–H and O–H groups in total. The molecule has 1 aliphatic heterocycles. The van der Waals surface area contributed by atoms with Crippen molar-refractivity contribution in [1.82, 2.24) is 4.90 Å². The number of rotatable bonds is 4. The lowest BCUT2D eigenvalue weighted by atomic mass is 9.94. The zero-order valence-corrected chi connectivity index (χ0v) is 10.1. The van der Waals surface area contributed by atoms with Crippen LogP contribution in [0.15, 0.2) is 0 Å². The van der Waals surface area contributed by atoms with E-state index in [0.717, 1.165) is 13.0 Å². The minimum atomic E-state index is -2.26. The Bertz CT molecular complexity index is 253. The fourth-order valence-electron chi connectivity index (χ4n) is 1.98. The first kappa shape index (κ1) is 12.0. The summed E-state index contributed by atoms with van der Waals surface area (Å²) in [7, 11) is -2.26. The first-order valence-electron chi connectivity index (χ1n) is 5.45. The normalized spacial score (nSPS) is 24.7. The molecule has 3 nitrogen and oxygen atoms in total. The molecule has 0 saturated carbocycles. The van der Waals surface area contributed by atoms with Gasteiger partial charge < -0.3 is 4.90 Å². The Hall–Kier alpha value is -0.0900. The van der Waals surface area contributed by atoms with Gasteiger partial charge in [0.2, 0.25) is 0 Å². The molecule has 0 aromatic carbocycles. The zero-order chi connectivity index (χ0) is 10.6. The highest BCUT2D eigenvalue weighted by atomic mass is 32.2. The molecule has 4 heteroatoms. The maximum Gasteiger partial charge on any atom is 0.0412 e. The number of likely N-dealkylation sites (tertiary alicyclic amines) is 1. The highest BCUT2D eigenvalue weighted by Crippen LogP contribution is 2.20. The highest BCUT2D eigenvalue weighted by Gasteiger charge is 2.18. The van der Waals surface area contributed by atoms with Crippen LogP contribution in [-0.4, -0.2) is 40.8 Å². The molecule has 1 atom stereocenters. The number of hydrogen-bond acceptors (Lipinski definition) is 3. The first-order valence-corrected chi connectivity index (χ1v) is 7.58. The molecular weight excluding hydrogens is 196 g/mol. The molecule has 0 bridgehead atoms. The molecule has 0 aromatic rings. The molecule has 0 spiro atoms. The van der Waals surface area contributed by atoms with Crippen LogP contribution in [0, 0.1) is 10.7 Å². The quantitative estimate of drug-likeness (QED) is 0.782. The summed E-state index contributed by atoms with van der Waals surface area (Å²) in [5.41, 5.74) is 0. The summed E-state index contributed by atoms with van der Waals surface area (Å²) < 4.78 is 18.5. The van der Waals surface area contributed by atoms with E-state index < -0.39 is 9.73 Å². The summed E-state index contributed by atoms with van der Waals surface area (Å²) in [6.45, 7) is 5.72. The molecule has 0 aliphatic carbocycles. The van der Waals surface area contributed by atoms with Crippen molar-refractivity contribution in [3.05, 3.63) is 0 Å². The Morgan fingerprint density at radius 1 is 1.43 bits per heavy atom. The van der Waals surface area contributed by atoms with Crippen molar-refractivity contribution in [3.63, 3.8) is 0 Å². The molecule has 1 saturated heterocycles. The Kier molecular flexibility index (Phi) is 4.38. The van der Waals surface area contributed by atoms with Gasteiger partial charge in [-0.1, -0.05) is 6.92 Å². The monoisotopic (exact) mass is 218 g/mol. The third kappa shape index (κ3) is 4.42. The SMILES string of the molecule is CCN1CCC(CCS(C)(=N)=O)CC1. The van der Waals surface area contributed by atoms with Gasteiger partial charge in [-0.3, -0.25) is 8.99 Å². The van der Waals surface area contributed by atoms with Gasteiger partial charge in [-0.15, -0.1) is 0 Å². The minimum absolute atomic E-state index is 0.587. The van der Waals surface area contributed by atoms with Gasteiger partial charge in [0.25, 0.3) is 0 Å². The molecule has 1 unspecified atom stereocenters. The van der Waals surface area contributed by atoms with E-state index in [-0.39, 0.29) is 0 Å². The molecule has 0 amide bonds. The van der Waals surface area contributed by atoms with Crippen LogP contribution in [0.5, 0.6) is 0 Å². The van der Waals surface area contributed by atoms with Gasteiger partial charge in [-0.05, 0) is 44.8 Å². The number of piperidine rings is 1. The maximum absolute atomic E-state index is 11.2. The van der Waals surface area contributed by atoms with Crippen LogP contribution in [0.2, 0.25) is 0 Å². The van der Waals surface area contributed by atoms with Crippen LogP contribution >= 0.6 is 0 Å². The van der Waals surface area contributed by atoms with Gasteiger partial charge in [-0.2, -0.15) is 0 Å². The molecule has 1 rings (SSSR count). The van der Waals surface area contributed by atoms with E-state index in [1.54, 1.807) is 6.26 Å². The van der Waals surface area contributed by atoms with E-state index in [1.807, 2.05) is 0 Å². The fourth-order valence-corrected chi connectivity index (χ4v) is 2.77. The second-order valence-corrected chi connectivity index (χ2v) is 6.79. The summed E-state index contributed by atoms with van der Waals surface area (Å²) >= 11 is 0. The Balaban J connectivity index is 2.23. The molecular formula is C10H22N2OS. The van der Waals surface area contributed by atoms with E-state index in [0.29, 0.717) is 11.7 Å². The van der Waals surface area contributed by atoms with Gasteiger partial charge in [-0.25, -0.2) is 0 Å². The van der Waals surface area contributed by atoms with Crippen molar-refractivity contribution in [2.45, 2.75) is 26.2 Å². The standard InChI is InChI=1S/C10H22N2OS/c1-3-12-7-4-10(5-8-12)6-9-14(2,11)13/h10-11H,3-9H2,1-2H3. The van der Waals surface area contributed by atoms with Crippen molar-refractivity contribution in [2.24, 2.45) is 5.92 Å². The molecule has 0 aromatic heterocycles. The van der Waals surface area contributed by atoms with Crippen LogP contribution < -0.4 is 0 Å². The summed E-state index contributed by atoms with van der Waals surface area (Å²) in [4.78, 5) is 2.46. The third-order valence-corrected chi connectivity index (χ3v) is 4.08. The van der Waals surface area contributed by atoms with Gasteiger partial charge in [0, 0.05) is 21.7 Å². The lowest BCUT2D eigenvalue weighted by Crippen LogP contribution is -2.33. The average molecular weight is 218 g/mol. The Labute approximate surface area is 87.8 Å². The van der Waals surface area contributed by atoms with E-state index in [1.165, 1.54) is 25.9 Å². The lowest BCUT2D eigenvalue weighted by molar-refractivity contribution is 0.190. The fraction of sp³-hybridized carbons (Fsp3) is 1.00. The highest BCUT2D eigenvalue weighted by molar-refractivity contribution is 7.91. The number of hydrogen-bond donors (Lipinski definition) is 1. The summed E-state index contributed by atoms with van der Waals surface area (Å²) in [6, 6.07) is 0. The molecule has 1 fully saturated rings. The predicted octanol–water partition coefficient (Wildman–Crippen LogP) is 1.78. The van der Waals surface area contributed by atoms with Crippen LogP contribution in [0.25, 0.3) is 0 Å². The predicted molar refractivity (Wildman–Crippen MR) is 61.1 cm³/mol. The van der Waals surface area contributed by atoms with Gasteiger partial charge >= 0.3 is 0 Å². The zero-order valence-electron chi connectivity index (χ0n) is 9.29. The van der Waals surface area contributed by atoms with Crippen molar-refractivity contribution in [3.8, 4) is 0 Å². The average Bonchev–Trinajstić information content (AvgIpc) is 2.14. The second-order valence-electron chi connectivity index (χ2n) is 4.38. The van der Waals surface area contributed by atoms with Crippen LogP contribution in [0.1, 0.15) is 26.2 Å². The summed E-state index contributed by atoms with van der Waals surface area (Å²) in [6.07, 6.45) is 4.98. The topological polar surface area (TPSA) is 44.2 Å². The molecule has 1 aliphatic rings. The Morgan fingerprint density at radius 3 is 2.43 bits per heavy atom. The summed E-state index contributed by atoms with van der Waals surface area (Å²) in [5, 5.41) is 0. The molecule has 1 heterocycles. The third-order valence-electron chi connectivity index (χ3n) is 3.07. The van der Waals surface area contributed by atoms with Crippen LogP contribution in [-0.2, 0) is 9.73 Å². The molecule has 84 valence electrons. The lowest BCUT2D eigenvalue weighted by Gasteiger charge is -2.30. The Morgan fingerprint density at radius 2 is 2.00 bits per heavy atom. The largest absolute Gasteiger partial charge is 0.304 e. The van der Waals surface area contributed by atoms with Crippen LogP contribution in [0.4, 0.5) is 0 Å². The van der Waals surface area contributed by atoms with Crippen molar-refractivity contribution >= 4 is 9.73 Å². The smallest absolute Gasteiger partial charge is 0.0412 e. The van der Waals surface area contributed by atoms with E-state index in [2.05, 4.69) is 11.8 Å². The minimum Gasteiger partial charge on any atom is -0.304 e. The van der Waals surface area contributed by atoms with E-state index >= 15 is 0 Å². The maximum atomic E-state index is 11.2. The van der Waals surface area contributed by atoms with E-state index in [4.69, 9.17) is 4.78 Å². The van der Waals surface area contributed by atoms with Gasteiger partial charge in [0.05, 0.1) is 0 Å². The summed E-state index contributed by atoms with van der Waals surface area (Å²) in [5.74, 6) is 1.30. The van der Waals surface area contributed by atoms with Gasteiger partial charge in [0.1, 0.15) is 0 Å². The second kappa shape index (κ2) is 5.12.